The Morgan fingerprint density at radius 1 is 1.00 bits per heavy atom. The summed E-state index contributed by atoms with van der Waals surface area (Å²) < 4.78 is 10.6. The van der Waals surface area contributed by atoms with Gasteiger partial charge in [-0.05, 0) is 26.8 Å². The monoisotopic (exact) mass is 318 g/mol. The van der Waals surface area contributed by atoms with E-state index in [9.17, 15) is 9.59 Å². The highest BCUT2D eigenvalue weighted by Gasteiger charge is 2.24. The molecule has 2 aromatic rings. The minimum Gasteiger partial charge on any atom is -0.493 e. The number of nitrogens with one attached hydrogen (secondary N) is 2. The zero-order valence-electron chi connectivity index (χ0n) is 14.1. The summed E-state index contributed by atoms with van der Waals surface area (Å²) in [7, 11) is 3.13. The van der Waals surface area contributed by atoms with Gasteiger partial charge in [0.05, 0.1) is 14.2 Å². The molecule has 0 saturated heterocycles. The van der Waals surface area contributed by atoms with Gasteiger partial charge in [-0.2, -0.15) is 0 Å². The van der Waals surface area contributed by atoms with Gasteiger partial charge in [0.2, 0.25) is 0 Å². The maximum Gasteiger partial charge on any atom is 0.253 e. The summed E-state index contributed by atoms with van der Waals surface area (Å²) in [4.78, 5) is 23.5. The SMILES string of the molecule is COc1cccc(CNc2c(NC(C)(C)C)c(=O)c2=O)c1OC. The van der Waals surface area contributed by atoms with E-state index in [1.165, 1.54) is 0 Å². The number of methoxy groups -OCH3 is 2. The van der Waals surface area contributed by atoms with E-state index < -0.39 is 10.9 Å². The van der Waals surface area contributed by atoms with Crippen LogP contribution in [0.2, 0.25) is 0 Å². The van der Waals surface area contributed by atoms with Crippen LogP contribution in [0.15, 0.2) is 27.8 Å². The van der Waals surface area contributed by atoms with Gasteiger partial charge < -0.3 is 20.1 Å². The first-order valence-corrected chi connectivity index (χ1v) is 7.33. The fraction of sp³-hybridized carbons (Fsp3) is 0.412. The predicted molar refractivity (Wildman–Crippen MR) is 91.6 cm³/mol. The standard InChI is InChI=1S/C17H22N2O4/c1-17(2,3)19-13-12(14(20)15(13)21)18-9-10-7-6-8-11(22-4)16(10)23-5/h6-8,18-19H,9H2,1-5H3. The fourth-order valence-electron chi connectivity index (χ4n) is 2.33. The molecule has 0 unspecified atom stereocenters. The van der Waals surface area contributed by atoms with Crippen LogP contribution in [-0.2, 0) is 6.54 Å². The molecule has 124 valence electrons. The number of anilines is 2. The second-order valence-corrected chi connectivity index (χ2v) is 6.29. The molecule has 0 spiro atoms. The third-order valence-electron chi connectivity index (χ3n) is 3.35. The van der Waals surface area contributed by atoms with E-state index in [0.29, 0.717) is 29.4 Å². The Morgan fingerprint density at radius 2 is 1.65 bits per heavy atom. The molecule has 0 atom stereocenters. The summed E-state index contributed by atoms with van der Waals surface area (Å²) in [5.74, 6) is 1.22. The van der Waals surface area contributed by atoms with Crippen molar-refractivity contribution in [2.45, 2.75) is 32.9 Å². The Hall–Kier alpha value is -2.50. The maximum atomic E-state index is 11.8. The molecule has 0 saturated carbocycles. The quantitative estimate of drug-likeness (QED) is 0.795. The number of ether oxygens (including phenoxy) is 2. The van der Waals surface area contributed by atoms with Crippen molar-refractivity contribution in [1.29, 1.82) is 0 Å². The van der Waals surface area contributed by atoms with Crippen molar-refractivity contribution in [3.05, 3.63) is 44.2 Å². The molecular weight excluding hydrogens is 296 g/mol. The van der Waals surface area contributed by atoms with Crippen molar-refractivity contribution in [3.8, 4) is 11.5 Å². The summed E-state index contributed by atoms with van der Waals surface area (Å²) in [5.41, 5.74) is 0.200. The van der Waals surface area contributed by atoms with Crippen molar-refractivity contribution < 1.29 is 9.47 Å². The number of benzene rings is 1. The number of rotatable bonds is 6. The molecule has 2 rings (SSSR count). The lowest BCUT2D eigenvalue weighted by molar-refractivity contribution is 0.352. The van der Waals surface area contributed by atoms with Crippen molar-refractivity contribution in [2.75, 3.05) is 24.9 Å². The lowest BCUT2D eigenvalue weighted by atomic mass is 10.1. The summed E-state index contributed by atoms with van der Waals surface area (Å²) in [6, 6.07) is 5.51. The van der Waals surface area contributed by atoms with Crippen LogP contribution in [0.4, 0.5) is 11.4 Å². The zero-order chi connectivity index (χ0) is 17.2. The molecule has 6 nitrogen and oxygen atoms in total. The first-order valence-electron chi connectivity index (χ1n) is 7.33. The van der Waals surface area contributed by atoms with E-state index in [1.807, 2.05) is 32.9 Å². The van der Waals surface area contributed by atoms with Gasteiger partial charge in [-0.25, -0.2) is 0 Å². The predicted octanol–water partition coefficient (Wildman–Crippen LogP) is 2.12. The van der Waals surface area contributed by atoms with Crippen LogP contribution in [0, 0.1) is 0 Å². The summed E-state index contributed by atoms with van der Waals surface area (Å²) >= 11 is 0. The average Bonchev–Trinajstić information content (AvgIpc) is 2.51. The van der Waals surface area contributed by atoms with Crippen molar-refractivity contribution in [1.82, 2.24) is 0 Å². The molecule has 0 amide bonds. The summed E-state index contributed by atoms with van der Waals surface area (Å²) in [5, 5.41) is 6.09. The van der Waals surface area contributed by atoms with Gasteiger partial charge in [-0.15, -0.1) is 0 Å². The van der Waals surface area contributed by atoms with Gasteiger partial charge in [0.15, 0.2) is 11.5 Å². The number of hydrogen-bond donors (Lipinski definition) is 2. The van der Waals surface area contributed by atoms with Gasteiger partial charge >= 0.3 is 0 Å². The minimum atomic E-state index is -0.501. The molecular formula is C17H22N2O4. The van der Waals surface area contributed by atoms with Gasteiger partial charge in [0.25, 0.3) is 10.9 Å². The largest absolute Gasteiger partial charge is 0.493 e. The maximum absolute atomic E-state index is 11.8. The van der Waals surface area contributed by atoms with Crippen LogP contribution < -0.4 is 31.0 Å². The lowest BCUT2D eigenvalue weighted by Gasteiger charge is -2.25. The Bertz CT molecular complexity index is 768. The normalized spacial score (nSPS) is 11.3. The van der Waals surface area contributed by atoms with Crippen molar-refractivity contribution in [3.63, 3.8) is 0 Å². The molecule has 6 heteroatoms. The molecule has 0 heterocycles. The first-order chi connectivity index (χ1) is 10.8. The molecule has 2 N–H and O–H groups in total. The molecule has 2 aromatic carbocycles. The van der Waals surface area contributed by atoms with Crippen molar-refractivity contribution in [2.24, 2.45) is 0 Å². The highest BCUT2D eigenvalue weighted by atomic mass is 16.5. The van der Waals surface area contributed by atoms with Crippen LogP contribution in [0.3, 0.4) is 0 Å². The number of hydrogen-bond acceptors (Lipinski definition) is 6. The summed E-state index contributed by atoms with van der Waals surface area (Å²) in [6.07, 6.45) is 0. The van der Waals surface area contributed by atoms with E-state index in [0.717, 1.165) is 5.56 Å². The van der Waals surface area contributed by atoms with E-state index in [4.69, 9.17) is 9.47 Å². The Labute approximate surface area is 135 Å². The average molecular weight is 318 g/mol. The van der Waals surface area contributed by atoms with E-state index >= 15 is 0 Å². The van der Waals surface area contributed by atoms with Gasteiger partial charge in [0.1, 0.15) is 11.4 Å². The molecule has 0 aliphatic rings. The van der Waals surface area contributed by atoms with Crippen LogP contribution in [-0.4, -0.2) is 19.8 Å². The van der Waals surface area contributed by atoms with Crippen LogP contribution in [0.1, 0.15) is 26.3 Å². The molecule has 23 heavy (non-hydrogen) atoms. The molecule has 0 aromatic heterocycles. The summed E-state index contributed by atoms with van der Waals surface area (Å²) in [6.45, 7) is 6.14. The molecule has 0 aliphatic carbocycles. The van der Waals surface area contributed by atoms with E-state index in [2.05, 4.69) is 10.6 Å². The number of para-hydroxylation sites is 1. The third-order valence-corrected chi connectivity index (χ3v) is 3.35. The van der Waals surface area contributed by atoms with Gasteiger partial charge in [-0.3, -0.25) is 9.59 Å². The Kier molecular flexibility index (Phi) is 4.63. The van der Waals surface area contributed by atoms with Crippen LogP contribution in [0.5, 0.6) is 11.5 Å². The smallest absolute Gasteiger partial charge is 0.253 e. The second-order valence-electron chi connectivity index (χ2n) is 6.29. The van der Waals surface area contributed by atoms with Gasteiger partial charge in [-0.1, -0.05) is 12.1 Å². The highest BCUT2D eigenvalue weighted by Crippen LogP contribution is 2.31. The molecule has 0 bridgehead atoms. The fourth-order valence-corrected chi connectivity index (χ4v) is 2.33. The second kappa shape index (κ2) is 6.32. The Morgan fingerprint density at radius 3 is 2.22 bits per heavy atom. The minimum absolute atomic E-state index is 0.299. The van der Waals surface area contributed by atoms with Crippen molar-refractivity contribution >= 4 is 11.4 Å². The van der Waals surface area contributed by atoms with Crippen LogP contribution >= 0.6 is 0 Å². The molecule has 0 radical (unpaired) electrons. The van der Waals surface area contributed by atoms with Gasteiger partial charge in [0, 0.05) is 17.6 Å². The van der Waals surface area contributed by atoms with E-state index in [-0.39, 0.29) is 5.54 Å². The zero-order valence-corrected chi connectivity index (χ0v) is 14.1. The molecule has 0 fully saturated rings. The highest BCUT2D eigenvalue weighted by molar-refractivity contribution is 5.74. The van der Waals surface area contributed by atoms with E-state index in [1.54, 1.807) is 20.3 Å². The Balaban J connectivity index is 2.22. The lowest BCUT2D eigenvalue weighted by Crippen LogP contribution is -2.41. The molecule has 0 aliphatic heterocycles. The third kappa shape index (κ3) is 3.47. The topological polar surface area (TPSA) is 76.7 Å². The van der Waals surface area contributed by atoms with Crippen LogP contribution in [0.25, 0.3) is 0 Å². The first kappa shape index (κ1) is 16.9.